The van der Waals surface area contributed by atoms with Gasteiger partial charge in [0.15, 0.2) is 0 Å². The molecule has 156 valence electrons. The molecular formula is C24H23N5O2. The molecule has 1 aliphatic heterocycles. The van der Waals surface area contributed by atoms with Crippen LogP contribution in [-0.4, -0.2) is 49.5 Å². The minimum Gasteiger partial charge on any atom is -0.472 e. The van der Waals surface area contributed by atoms with E-state index in [1.54, 1.807) is 12.4 Å². The Morgan fingerprint density at radius 1 is 0.968 bits per heavy atom. The van der Waals surface area contributed by atoms with Crippen LogP contribution in [0.15, 0.2) is 73.1 Å². The summed E-state index contributed by atoms with van der Waals surface area (Å²) < 4.78 is 6.20. The fraction of sp³-hybridized carbons (Fsp3) is 0.250. The minimum absolute atomic E-state index is 0.0415. The van der Waals surface area contributed by atoms with Gasteiger partial charge in [0.1, 0.15) is 6.10 Å². The Morgan fingerprint density at radius 2 is 1.74 bits per heavy atom. The summed E-state index contributed by atoms with van der Waals surface area (Å²) in [6.45, 7) is 2.59. The van der Waals surface area contributed by atoms with E-state index in [4.69, 9.17) is 4.74 Å². The van der Waals surface area contributed by atoms with E-state index in [1.165, 1.54) is 4.80 Å². The van der Waals surface area contributed by atoms with E-state index < -0.39 is 0 Å². The van der Waals surface area contributed by atoms with Crippen LogP contribution in [0.25, 0.3) is 16.6 Å². The zero-order valence-corrected chi connectivity index (χ0v) is 17.3. The van der Waals surface area contributed by atoms with Gasteiger partial charge in [0.25, 0.3) is 5.91 Å². The van der Waals surface area contributed by atoms with Crippen molar-refractivity contribution in [3.05, 3.63) is 78.6 Å². The summed E-state index contributed by atoms with van der Waals surface area (Å²) >= 11 is 0. The number of piperidine rings is 1. The Balaban J connectivity index is 1.37. The number of pyridine rings is 1. The van der Waals surface area contributed by atoms with Crippen LogP contribution in [0, 0.1) is 0 Å². The normalized spacial score (nSPS) is 18.8. The molecule has 7 nitrogen and oxygen atoms in total. The predicted molar refractivity (Wildman–Crippen MR) is 117 cm³/mol. The quantitative estimate of drug-likeness (QED) is 0.508. The first-order valence-electron chi connectivity index (χ1n) is 10.5. The van der Waals surface area contributed by atoms with Crippen molar-refractivity contribution in [1.29, 1.82) is 0 Å². The molecule has 1 fully saturated rings. The van der Waals surface area contributed by atoms with Crippen LogP contribution >= 0.6 is 0 Å². The topological polar surface area (TPSA) is 73.1 Å². The largest absolute Gasteiger partial charge is 0.472 e. The Hall–Kier alpha value is -3.74. The van der Waals surface area contributed by atoms with Crippen molar-refractivity contribution < 1.29 is 9.53 Å². The van der Waals surface area contributed by atoms with Crippen LogP contribution < -0.4 is 4.74 Å². The third-order valence-corrected chi connectivity index (χ3v) is 5.73. The van der Waals surface area contributed by atoms with Gasteiger partial charge < -0.3 is 9.64 Å². The molecule has 1 saturated heterocycles. The summed E-state index contributed by atoms with van der Waals surface area (Å²) in [4.78, 5) is 21.5. The van der Waals surface area contributed by atoms with Crippen molar-refractivity contribution >= 4 is 16.8 Å². The van der Waals surface area contributed by atoms with Gasteiger partial charge in [-0.05, 0) is 44.0 Å². The standard InChI is InChI=1S/C24H23N5O2/c1-17-10-12-19(31-23-13-11-18-6-2-4-8-21(18)27-23)16-28(17)24(30)20-7-3-5-9-22(20)29-25-14-15-26-29/h2-9,11,13-15,17,19H,10,12,16H2,1H3/t17-,19-/m1/s1. The third kappa shape index (κ3) is 3.86. The van der Waals surface area contributed by atoms with E-state index in [-0.39, 0.29) is 18.1 Å². The molecule has 4 aromatic rings. The molecule has 0 radical (unpaired) electrons. The van der Waals surface area contributed by atoms with Crippen molar-refractivity contribution in [2.75, 3.05) is 6.54 Å². The molecule has 2 aromatic heterocycles. The van der Waals surface area contributed by atoms with E-state index in [1.807, 2.05) is 65.6 Å². The van der Waals surface area contributed by atoms with Gasteiger partial charge in [-0.2, -0.15) is 15.0 Å². The van der Waals surface area contributed by atoms with Crippen LogP contribution in [0.2, 0.25) is 0 Å². The van der Waals surface area contributed by atoms with Gasteiger partial charge in [0, 0.05) is 17.5 Å². The fourth-order valence-corrected chi connectivity index (χ4v) is 4.06. The molecule has 0 aliphatic carbocycles. The monoisotopic (exact) mass is 413 g/mol. The predicted octanol–water partition coefficient (Wildman–Crippen LogP) is 3.89. The number of aromatic nitrogens is 4. The molecule has 1 amide bonds. The highest BCUT2D eigenvalue weighted by atomic mass is 16.5. The van der Waals surface area contributed by atoms with Gasteiger partial charge in [-0.15, -0.1) is 0 Å². The van der Waals surface area contributed by atoms with E-state index in [2.05, 4.69) is 22.1 Å². The highest BCUT2D eigenvalue weighted by molar-refractivity contribution is 5.98. The first-order chi connectivity index (χ1) is 15.2. The number of fused-ring (bicyclic) bond motifs is 1. The molecule has 5 rings (SSSR count). The van der Waals surface area contributed by atoms with Crippen LogP contribution in [0.4, 0.5) is 0 Å². The Kier molecular flexibility index (Phi) is 5.08. The number of para-hydroxylation sites is 2. The van der Waals surface area contributed by atoms with Crippen molar-refractivity contribution in [3.63, 3.8) is 0 Å². The molecule has 0 spiro atoms. The van der Waals surface area contributed by atoms with Gasteiger partial charge in [0.2, 0.25) is 5.88 Å². The second-order valence-electron chi connectivity index (χ2n) is 7.80. The molecule has 1 aliphatic rings. The molecule has 2 aromatic carbocycles. The maximum absolute atomic E-state index is 13.5. The van der Waals surface area contributed by atoms with Gasteiger partial charge in [-0.25, -0.2) is 4.98 Å². The number of nitrogens with zero attached hydrogens (tertiary/aromatic N) is 5. The fourth-order valence-electron chi connectivity index (χ4n) is 4.06. The highest BCUT2D eigenvalue weighted by Crippen LogP contribution is 2.25. The van der Waals surface area contributed by atoms with Crippen LogP contribution in [0.3, 0.4) is 0 Å². The molecule has 0 saturated carbocycles. The van der Waals surface area contributed by atoms with Crippen molar-refractivity contribution in [2.45, 2.75) is 31.9 Å². The van der Waals surface area contributed by atoms with Crippen LogP contribution in [0.5, 0.6) is 5.88 Å². The summed E-state index contributed by atoms with van der Waals surface area (Å²) in [5, 5.41) is 9.46. The number of hydrogen-bond donors (Lipinski definition) is 0. The van der Waals surface area contributed by atoms with E-state index in [0.29, 0.717) is 23.7 Å². The van der Waals surface area contributed by atoms with Gasteiger partial charge in [-0.3, -0.25) is 4.79 Å². The summed E-state index contributed by atoms with van der Waals surface area (Å²) in [6, 6.07) is 19.4. The van der Waals surface area contributed by atoms with Crippen LogP contribution in [0.1, 0.15) is 30.1 Å². The summed E-state index contributed by atoms with van der Waals surface area (Å²) in [7, 11) is 0. The number of amides is 1. The number of ether oxygens (including phenoxy) is 1. The average molecular weight is 413 g/mol. The van der Waals surface area contributed by atoms with E-state index >= 15 is 0 Å². The number of likely N-dealkylation sites (tertiary alicyclic amines) is 1. The first-order valence-corrected chi connectivity index (χ1v) is 10.5. The first kappa shape index (κ1) is 19.2. The smallest absolute Gasteiger partial charge is 0.256 e. The second kappa shape index (κ2) is 8.18. The average Bonchev–Trinajstić information content (AvgIpc) is 3.35. The third-order valence-electron chi connectivity index (χ3n) is 5.73. The molecule has 0 bridgehead atoms. The van der Waals surface area contributed by atoms with Gasteiger partial charge in [-0.1, -0.05) is 30.3 Å². The number of hydrogen-bond acceptors (Lipinski definition) is 5. The zero-order valence-electron chi connectivity index (χ0n) is 17.3. The van der Waals surface area contributed by atoms with E-state index in [9.17, 15) is 4.79 Å². The molecule has 7 heteroatoms. The maximum atomic E-state index is 13.5. The lowest BCUT2D eigenvalue weighted by Crippen LogP contribution is -2.49. The van der Waals surface area contributed by atoms with Crippen molar-refractivity contribution in [2.24, 2.45) is 0 Å². The summed E-state index contributed by atoms with van der Waals surface area (Å²) in [6.07, 6.45) is 4.84. The molecular weight excluding hydrogens is 390 g/mol. The lowest BCUT2D eigenvalue weighted by Gasteiger charge is -2.38. The number of carbonyl (C=O) groups is 1. The minimum atomic E-state index is -0.108. The lowest BCUT2D eigenvalue weighted by molar-refractivity contribution is 0.0373. The SMILES string of the molecule is C[C@@H]1CC[C@@H](Oc2ccc3ccccc3n2)CN1C(=O)c1ccccc1-n1nccn1. The maximum Gasteiger partial charge on any atom is 0.256 e. The summed E-state index contributed by atoms with van der Waals surface area (Å²) in [5.41, 5.74) is 2.15. The number of rotatable bonds is 4. The molecule has 0 N–H and O–H groups in total. The van der Waals surface area contributed by atoms with Crippen molar-refractivity contribution in [3.8, 4) is 11.6 Å². The van der Waals surface area contributed by atoms with Crippen molar-refractivity contribution in [1.82, 2.24) is 24.9 Å². The molecule has 2 atom stereocenters. The van der Waals surface area contributed by atoms with Gasteiger partial charge in [0.05, 0.1) is 35.7 Å². The van der Waals surface area contributed by atoms with E-state index in [0.717, 1.165) is 23.7 Å². The highest BCUT2D eigenvalue weighted by Gasteiger charge is 2.32. The second-order valence-corrected chi connectivity index (χ2v) is 7.80. The Morgan fingerprint density at radius 3 is 2.61 bits per heavy atom. The molecule has 3 heterocycles. The Bertz CT molecular complexity index is 1210. The molecule has 31 heavy (non-hydrogen) atoms. The van der Waals surface area contributed by atoms with Crippen LogP contribution in [-0.2, 0) is 0 Å². The summed E-state index contributed by atoms with van der Waals surface area (Å²) in [5.74, 6) is 0.548. The number of benzene rings is 2. The van der Waals surface area contributed by atoms with Gasteiger partial charge >= 0.3 is 0 Å². The zero-order chi connectivity index (χ0) is 21.2. The Labute approximate surface area is 180 Å². The lowest BCUT2D eigenvalue weighted by atomic mass is 9.99. The number of carbonyl (C=O) groups excluding carboxylic acids is 1. The molecule has 0 unspecified atom stereocenters.